The lowest BCUT2D eigenvalue weighted by molar-refractivity contribution is -0.385. The van der Waals surface area contributed by atoms with Crippen LogP contribution in [0.3, 0.4) is 0 Å². The fraction of sp³-hybridized carbons (Fsp3) is 0.538. The molecule has 1 atom stereocenters. The topological polar surface area (TPSA) is 64.4 Å². The van der Waals surface area contributed by atoms with Crippen LogP contribution in [0.4, 0.5) is 15.8 Å². The summed E-state index contributed by atoms with van der Waals surface area (Å²) in [5.41, 5.74) is -0.147. The molecule has 1 aromatic rings. The van der Waals surface area contributed by atoms with E-state index in [1.165, 1.54) is 13.2 Å². The van der Waals surface area contributed by atoms with E-state index in [0.717, 1.165) is 12.5 Å². The van der Waals surface area contributed by atoms with E-state index in [-0.39, 0.29) is 23.2 Å². The maximum atomic E-state index is 13.9. The van der Waals surface area contributed by atoms with Crippen LogP contribution < -0.4 is 10.1 Å². The molecule has 1 aromatic carbocycles. The van der Waals surface area contributed by atoms with Gasteiger partial charge in [0.05, 0.1) is 23.8 Å². The maximum absolute atomic E-state index is 13.9. The van der Waals surface area contributed by atoms with Crippen molar-refractivity contribution < 1.29 is 14.1 Å². The molecule has 0 aliphatic rings. The second kappa shape index (κ2) is 6.36. The molecule has 0 aliphatic heterocycles. The molecular weight excluding hydrogens is 251 g/mol. The normalized spacial score (nSPS) is 12.3. The Labute approximate surface area is 111 Å². The minimum absolute atomic E-state index is 0.0486. The first-order valence-corrected chi connectivity index (χ1v) is 6.19. The van der Waals surface area contributed by atoms with Gasteiger partial charge in [0.1, 0.15) is 0 Å². The monoisotopic (exact) mass is 270 g/mol. The van der Waals surface area contributed by atoms with Crippen molar-refractivity contribution in [1.29, 1.82) is 0 Å². The fourth-order valence-electron chi connectivity index (χ4n) is 1.90. The standard InChI is InChI=1S/C13H19FN2O3/c1-5-10(8(2)3)15-11-7-13(19-4)12(16(17)18)6-9(11)14/h6-8,10,15H,5H2,1-4H3. The van der Waals surface area contributed by atoms with E-state index in [2.05, 4.69) is 5.32 Å². The van der Waals surface area contributed by atoms with Crippen LogP contribution in [0, 0.1) is 21.8 Å². The lowest BCUT2D eigenvalue weighted by Gasteiger charge is -2.22. The Morgan fingerprint density at radius 1 is 1.47 bits per heavy atom. The predicted molar refractivity (Wildman–Crippen MR) is 72.1 cm³/mol. The molecule has 1 N–H and O–H groups in total. The second-order valence-electron chi connectivity index (χ2n) is 4.66. The Bertz CT molecular complexity index is 463. The van der Waals surface area contributed by atoms with Gasteiger partial charge in [-0.05, 0) is 12.3 Å². The van der Waals surface area contributed by atoms with Crippen molar-refractivity contribution in [2.75, 3.05) is 12.4 Å². The van der Waals surface area contributed by atoms with Crippen molar-refractivity contribution in [3.05, 3.63) is 28.1 Å². The Morgan fingerprint density at radius 2 is 2.11 bits per heavy atom. The molecule has 1 unspecified atom stereocenters. The van der Waals surface area contributed by atoms with Crippen LogP contribution in [0.15, 0.2) is 12.1 Å². The first-order chi connectivity index (χ1) is 8.90. The van der Waals surface area contributed by atoms with Crippen LogP contribution >= 0.6 is 0 Å². The lowest BCUT2D eigenvalue weighted by Crippen LogP contribution is -2.25. The summed E-state index contributed by atoms with van der Waals surface area (Å²) in [4.78, 5) is 10.1. The van der Waals surface area contributed by atoms with E-state index in [0.29, 0.717) is 5.92 Å². The Hall–Kier alpha value is -1.85. The van der Waals surface area contributed by atoms with Gasteiger partial charge in [-0.2, -0.15) is 0 Å². The number of benzene rings is 1. The summed E-state index contributed by atoms with van der Waals surface area (Å²) in [5.74, 6) is -0.273. The van der Waals surface area contributed by atoms with Gasteiger partial charge in [-0.25, -0.2) is 4.39 Å². The number of nitro groups is 1. The minimum atomic E-state index is -0.661. The molecule has 19 heavy (non-hydrogen) atoms. The third-order valence-corrected chi connectivity index (χ3v) is 3.05. The van der Waals surface area contributed by atoms with Gasteiger partial charge in [0.15, 0.2) is 11.6 Å². The molecule has 0 bridgehead atoms. The first kappa shape index (κ1) is 15.2. The van der Waals surface area contributed by atoms with Crippen molar-refractivity contribution >= 4 is 11.4 Å². The zero-order chi connectivity index (χ0) is 14.6. The third-order valence-electron chi connectivity index (χ3n) is 3.05. The summed E-state index contributed by atoms with van der Waals surface area (Å²) in [7, 11) is 1.32. The molecule has 1 rings (SSSR count). The van der Waals surface area contributed by atoms with Gasteiger partial charge in [0, 0.05) is 12.1 Å². The van der Waals surface area contributed by atoms with Gasteiger partial charge >= 0.3 is 5.69 Å². The Kier molecular flexibility index (Phi) is 5.09. The number of rotatable bonds is 6. The molecule has 0 aromatic heterocycles. The molecule has 0 aliphatic carbocycles. The van der Waals surface area contributed by atoms with Crippen LogP contribution in [0.25, 0.3) is 0 Å². The summed E-state index contributed by atoms with van der Waals surface area (Å²) < 4.78 is 18.8. The fourth-order valence-corrected chi connectivity index (χ4v) is 1.90. The number of hydrogen-bond donors (Lipinski definition) is 1. The average Bonchev–Trinajstić information content (AvgIpc) is 2.36. The molecular formula is C13H19FN2O3. The molecule has 0 fully saturated rings. The molecule has 0 radical (unpaired) electrons. The number of anilines is 1. The number of ether oxygens (including phenoxy) is 1. The van der Waals surface area contributed by atoms with Gasteiger partial charge in [-0.3, -0.25) is 10.1 Å². The van der Waals surface area contributed by atoms with E-state index in [9.17, 15) is 14.5 Å². The summed E-state index contributed by atoms with van der Waals surface area (Å²) in [6, 6.07) is 2.31. The highest BCUT2D eigenvalue weighted by atomic mass is 19.1. The number of nitrogens with zero attached hydrogens (tertiary/aromatic N) is 1. The van der Waals surface area contributed by atoms with Crippen LogP contribution in [0.5, 0.6) is 5.75 Å². The minimum Gasteiger partial charge on any atom is -0.490 e. The number of hydrogen-bond acceptors (Lipinski definition) is 4. The Balaban J connectivity index is 3.12. The highest BCUT2D eigenvalue weighted by Crippen LogP contribution is 2.33. The van der Waals surface area contributed by atoms with Gasteiger partial charge < -0.3 is 10.1 Å². The maximum Gasteiger partial charge on any atom is 0.313 e. The van der Waals surface area contributed by atoms with Crippen molar-refractivity contribution in [3.63, 3.8) is 0 Å². The van der Waals surface area contributed by atoms with Crippen molar-refractivity contribution in [2.24, 2.45) is 5.92 Å². The zero-order valence-corrected chi connectivity index (χ0v) is 11.6. The van der Waals surface area contributed by atoms with Crippen LogP contribution in [-0.4, -0.2) is 18.1 Å². The number of nitrogens with one attached hydrogen (secondary N) is 1. The predicted octanol–water partition coefficient (Wildman–Crippen LogP) is 3.59. The quantitative estimate of drug-likeness (QED) is 0.633. The summed E-state index contributed by atoms with van der Waals surface area (Å²) in [5, 5.41) is 13.8. The van der Waals surface area contributed by atoms with Crippen LogP contribution in [0.2, 0.25) is 0 Å². The summed E-state index contributed by atoms with van der Waals surface area (Å²) in [6.07, 6.45) is 0.830. The van der Waals surface area contributed by atoms with Gasteiger partial charge in [0.2, 0.25) is 0 Å². The molecule has 106 valence electrons. The van der Waals surface area contributed by atoms with Crippen molar-refractivity contribution in [3.8, 4) is 5.75 Å². The van der Waals surface area contributed by atoms with E-state index < -0.39 is 10.7 Å². The lowest BCUT2D eigenvalue weighted by atomic mass is 10.0. The highest BCUT2D eigenvalue weighted by molar-refractivity contribution is 5.59. The largest absolute Gasteiger partial charge is 0.490 e. The summed E-state index contributed by atoms with van der Waals surface area (Å²) >= 11 is 0. The molecule has 0 spiro atoms. The third kappa shape index (κ3) is 3.56. The second-order valence-corrected chi connectivity index (χ2v) is 4.66. The molecule has 0 heterocycles. The first-order valence-electron chi connectivity index (χ1n) is 6.19. The SMILES string of the molecule is CCC(Nc1cc(OC)c([N+](=O)[O-])cc1F)C(C)C. The van der Waals surface area contributed by atoms with Gasteiger partial charge in [-0.15, -0.1) is 0 Å². The number of halogens is 1. The molecule has 5 nitrogen and oxygen atoms in total. The molecule has 0 saturated carbocycles. The molecule has 0 saturated heterocycles. The van der Waals surface area contributed by atoms with Gasteiger partial charge in [0.25, 0.3) is 0 Å². The van der Waals surface area contributed by atoms with Crippen molar-refractivity contribution in [2.45, 2.75) is 33.2 Å². The van der Waals surface area contributed by atoms with E-state index in [4.69, 9.17) is 4.74 Å². The van der Waals surface area contributed by atoms with E-state index in [1.807, 2.05) is 20.8 Å². The molecule has 6 heteroatoms. The zero-order valence-electron chi connectivity index (χ0n) is 11.6. The highest BCUT2D eigenvalue weighted by Gasteiger charge is 2.21. The summed E-state index contributed by atoms with van der Waals surface area (Å²) in [6.45, 7) is 6.06. The van der Waals surface area contributed by atoms with E-state index in [1.54, 1.807) is 0 Å². The van der Waals surface area contributed by atoms with Crippen LogP contribution in [-0.2, 0) is 0 Å². The Morgan fingerprint density at radius 3 is 2.53 bits per heavy atom. The van der Waals surface area contributed by atoms with Crippen molar-refractivity contribution in [1.82, 2.24) is 0 Å². The van der Waals surface area contributed by atoms with E-state index >= 15 is 0 Å². The number of methoxy groups -OCH3 is 1. The average molecular weight is 270 g/mol. The molecule has 0 amide bonds. The smallest absolute Gasteiger partial charge is 0.313 e. The van der Waals surface area contributed by atoms with Crippen LogP contribution in [0.1, 0.15) is 27.2 Å². The number of nitro benzene ring substituents is 1. The van der Waals surface area contributed by atoms with Gasteiger partial charge in [-0.1, -0.05) is 20.8 Å².